The molecule has 0 radical (unpaired) electrons. The molecule has 0 heterocycles. The van der Waals surface area contributed by atoms with Crippen molar-refractivity contribution in [1.82, 2.24) is 0 Å². The molecule has 1 rings (SSSR count). The highest BCUT2D eigenvalue weighted by Gasteiger charge is 2.00. The third kappa shape index (κ3) is 2.18. The van der Waals surface area contributed by atoms with Crippen LogP contribution in [0.1, 0.15) is 11.1 Å². The fraction of sp³-hybridized carbons (Fsp3) is 0.111. The zero-order valence-corrected chi connectivity index (χ0v) is 7.46. The molecule has 0 unspecified atom stereocenters. The highest BCUT2D eigenvalue weighted by Crippen LogP contribution is 2.18. The van der Waals surface area contributed by atoms with E-state index in [2.05, 4.69) is 6.58 Å². The van der Waals surface area contributed by atoms with Gasteiger partial charge in [0.1, 0.15) is 0 Å². The number of rotatable bonds is 3. The second kappa shape index (κ2) is 4.03. The van der Waals surface area contributed by atoms with Crippen molar-refractivity contribution in [2.45, 2.75) is 6.16 Å². The van der Waals surface area contributed by atoms with Crippen LogP contribution in [-0.2, 0) is 15.3 Å². The molecule has 0 bridgehead atoms. The van der Waals surface area contributed by atoms with E-state index in [1.165, 1.54) is 0 Å². The van der Waals surface area contributed by atoms with Gasteiger partial charge in [-0.1, -0.05) is 36.9 Å². The van der Waals surface area contributed by atoms with Gasteiger partial charge in [0, 0.05) is 0 Å². The van der Waals surface area contributed by atoms with E-state index in [1.54, 1.807) is 12.1 Å². The third-order valence-corrected chi connectivity index (χ3v) is 2.17. The van der Waals surface area contributed by atoms with Crippen molar-refractivity contribution in [1.29, 1.82) is 0 Å². The zero-order valence-electron chi connectivity index (χ0n) is 6.56. The molecule has 0 aliphatic carbocycles. The Labute approximate surface area is 71.7 Å². The first-order valence-electron chi connectivity index (χ1n) is 3.56. The molecule has 0 saturated carbocycles. The fourth-order valence-corrected chi connectivity index (χ4v) is 1.58. The third-order valence-electron chi connectivity index (χ3n) is 1.57. The van der Waals surface area contributed by atoms with Gasteiger partial charge < -0.3 is 0 Å². The van der Waals surface area contributed by atoms with Crippen LogP contribution >= 0.6 is 7.68 Å². The van der Waals surface area contributed by atoms with E-state index in [-0.39, 0.29) is 6.16 Å². The molecule has 0 aliphatic heterocycles. The Bertz CT molecular complexity index is 345. The molecule has 0 aliphatic rings. The largest absolute Gasteiger partial charge is 0.320 e. The van der Waals surface area contributed by atoms with E-state index < -0.39 is 7.68 Å². The molecule has 62 valence electrons. The van der Waals surface area contributed by atoms with Gasteiger partial charge in [-0.25, -0.2) is 9.13 Å². The minimum Gasteiger partial charge on any atom is -0.237 e. The molecule has 0 fully saturated rings. The molecule has 12 heavy (non-hydrogen) atoms. The Balaban J connectivity index is 3.04. The van der Waals surface area contributed by atoms with Crippen LogP contribution in [0.5, 0.6) is 0 Å². The minimum absolute atomic E-state index is 0.0948. The van der Waals surface area contributed by atoms with E-state index in [0.717, 1.165) is 11.1 Å². The zero-order chi connectivity index (χ0) is 8.97. The van der Waals surface area contributed by atoms with Crippen molar-refractivity contribution < 1.29 is 9.13 Å². The lowest BCUT2D eigenvalue weighted by Gasteiger charge is -1.98. The second-order valence-electron chi connectivity index (χ2n) is 2.39. The number of hydrogen-bond acceptors (Lipinski definition) is 2. The van der Waals surface area contributed by atoms with Gasteiger partial charge in [-0.2, -0.15) is 0 Å². The molecule has 0 spiro atoms. The van der Waals surface area contributed by atoms with E-state index in [1.807, 2.05) is 18.2 Å². The van der Waals surface area contributed by atoms with Crippen LogP contribution in [0.25, 0.3) is 6.08 Å². The second-order valence-corrected chi connectivity index (χ2v) is 3.38. The minimum atomic E-state index is -2.35. The quantitative estimate of drug-likeness (QED) is 0.670. The van der Waals surface area contributed by atoms with E-state index in [4.69, 9.17) is 0 Å². The molecule has 1 aromatic carbocycles. The lowest BCUT2D eigenvalue weighted by atomic mass is 10.1. The predicted molar refractivity (Wildman–Crippen MR) is 48.5 cm³/mol. The van der Waals surface area contributed by atoms with Gasteiger partial charge in [-0.15, -0.1) is 0 Å². The van der Waals surface area contributed by atoms with Crippen LogP contribution in [0.4, 0.5) is 0 Å². The van der Waals surface area contributed by atoms with Gasteiger partial charge in [0.05, 0.1) is 6.16 Å². The van der Waals surface area contributed by atoms with Crippen molar-refractivity contribution in [3.8, 4) is 0 Å². The highest BCUT2D eigenvalue weighted by molar-refractivity contribution is 7.29. The van der Waals surface area contributed by atoms with Crippen molar-refractivity contribution >= 4 is 13.8 Å². The van der Waals surface area contributed by atoms with Crippen LogP contribution in [0.3, 0.4) is 0 Å². The first-order chi connectivity index (χ1) is 5.74. The highest BCUT2D eigenvalue weighted by atomic mass is 31.1. The molecular weight excluding hydrogens is 171 g/mol. The Morgan fingerprint density at radius 1 is 1.33 bits per heavy atom. The molecule has 0 N–H and O–H groups in total. The van der Waals surface area contributed by atoms with Crippen LogP contribution in [0.15, 0.2) is 30.8 Å². The summed E-state index contributed by atoms with van der Waals surface area (Å²) in [6.45, 7) is 3.60. The van der Waals surface area contributed by atoms with E-state index in [9.17, 15) is 9.13 Å². The van der Waals surface area contributed by atoms with Crippen molar-refractivity contribution in [2.75, 3.05) is 0 Å². The SMILES string of the molecule is C=Cc1ccccc1CP(=O)=O. The monoisotopic (exact) mass is 180 g/mol. The summed E-state index contributed by atoms with van der Waals surface area (Å²) in [4.78, 5) is 0. The molecule has 0 saturated heterocycles. The van der Waals surface area contributed by atoms with Crippen molar-refractivity contribution in [3.63, 3.8) is 0 Å². The topological polar surface area (TPSA) is 34.1 Å². The molecular formula is C9H9O2P. The smallest absolute Gasteiger partial charge is 0.237 e. The number of hydrogen-bond donors (Lipinski definition) is 0. The average molecular weight is 180 g/mol. The van der Waals surface area contributed by atoms with Gasteiger partial charge in [-0.3, -0.25) is 0 Å². The summed E-state index contributed by atoms with van der Waals surface area (Å²) in [6.07, 6.45) is 1.76. The summed E-state index contributed by atoms with van der Waals surface area (Å²) >= 11 is 0. The first-order valence-corrected chi connectivity index (χ1v) is 4.92. The van der Waals surface area contributed by atoms with E-state index >= 15 is 0 Å². The van der Waals surface area contributed by atoms with Crippen molar-refractivity contribution in [3.05, 3.63) is 42.0 Å². The Morgan fingerprint density at radius 2 is 2.00 bits per heavy atom. The van der Waals surface area contributed by atoms with Gasteiger partial charge >= 0.3 is 7.68 Å². The Hall–Kier alpha value is -1.14. The summed E-state index contributed by atoms with van der Waals surface area (Å²) in [7, 11) is -2.35. The molecule has 1 aromatic rings. The van der Waals surface area contributed by atoms with Gasteiger partial charge in [0.15, 0.2) is 0 Å². The maximum atomic E-state index is 10.4. The Morgan fingerprint density at radius 3 is 2.58 bits per heavy atom. The van der Waals surface area contributed by atoms with Crippen LogP contribution < -0.4 is 0 Å². The lowest BCUT2D eigenvalue weighted by molar-refractivity contribution is 0.514. The fourth-order valence-electron chi connectivity index (χ4n) is 1.02. The standard InChI is InChI=1S/C9H9O2P/c1-2-8-5-3-4-6-9(8)7-12(10)11/h2-6H,1,7H2. The summed E-state index contributed by atoms with van der Waals surface area (Å²) in [6, 6.07) is 7.32. The Kier molecular flexibility index (Phi) is 3.01. The van der Waals surface area contributed by atoms with Gasteiger partial charge in [-0.05, 0) is 11.1 Å². The van der Waals surface area contributed by atoms with Gasteiger partial charge in [0.2, 0.25) is 0 Å². The first kappa shape index (κ1) is 8.95. The molecule has 3 heteroatoms. The number of benzene rings is 1. The van der Waals surface area contributed by atoms with Crippen LogP contribution in [0.2, 0.25) is 0 Å². The summed E-state index contributed by atoms with van der Waals surface area (Å²) < 4.78 is 20.9. The molecule has 0 atom stereocenters. The molecule has 0 aromatic heterocycles. The lowest BCUT2D eigenvalue weighted by Crippen LogP contribution is -1.82. The summed E-state index contributed by atoms with van der Waals surface area (Å²) in [5.74, 6) is 0. The molecule has 0 amide bonds. The maximum Gasteiger partial charge on any atom is 0.320 e. The predicted octanol–water partition coefficient (Wildman–Crippen LogP) is 3.00. The van der Waals surface area contributed by atoms with Crippen LogP contribution in [-0.4, -0.2) is 0 Å². The molecule has 2 nitrogen and oxygen atoms in total. The van der Waals surface area contributed by atoms with Gasteiger partial charge in [0.25, 0.3) is 0 Å². The summed E-state index contributed by atoms with van der Waals surface area (Å²) in [5, 5.41) is 0. The maximum absolute atomic E-state index is 10.4. The average Bonchev–Trinajstić information content (AvgIpc) is 2.04. The van der Waals surface area contributed by atoms with E-state index in [0.29, 0.717) is 0 Å². The van der Waals surface area contributed by atoms with Crippen molar-refractivity contribution in [2.24, 2.45) is 0 Å². The van der Waals surface area contributed by atoms with Crippen LogP contribution in [0, 0.1) is 0 Å². The normalized spacial score (nSPS) is 9.33. The summed E-state index contributed by atoms with van der Waals surface area (Å²) in [5.41, 5.74) is 1.69.